The first-order valence-electron chi connectivity index (χ1n) is 4.91. The molecule has 15 heavy (non-hydrogen) atoms. The van der Waals surface area contributed by atoms with E-state index >= 15 is 0 Å². The summed E-state index contributed by atoms with van der Waals surface area (Å²) in [7, 11) is 0. The molecule has 0 aliphatic heterocycles. The molecule has 0 aliphatic rings. The molecule has 0 aliphatic carbocycles. The molecule has 3 rings (SSSR count). The molecular weight excluding hydrogens is 185 g/mol. The Hall–Kier alpha value is -1.50. The third-order valence-electron chi connectivity index (χ3n) is 2.67. The van der Waals surface area contributed by atoms with E-state index in [0.29, 0.717) is 0 Å². The van der Waals surface area contributed by atoms with Crippen LogP contribution in [0, 0.1) is 5.71 Å². The molecule has 2 aromatic carbocycles. The Morgan fingerprint density at radius 3 is 2.33 bits per heavy atom. The summed E-state index contributed by atoms with van der Waals surface area (Å²) < 4.78 is 13.0. The third-order valence-corrected chi connectivity index (χ3v) is 2.67. The Labute approximate surface area is 88.1 Å². The average Bonchev–Trinajstić information content (AvgIpc) is 2.26. The minimum absolute atomic E-state index is 0.183. The van der Waals surface area contributed by atoms with E-state index in [9.17, 15) is 4.39 Å². The predicted octanol–water partition coefficient (Wildman–Crippen LogP) is 2.81. The molecule has 1 aromatic heterocycles. The Kier molecular flexibility index (Phi) is 1.91. The van der Waals surface area contributed by atoms with Crippen LogP contribution in [0.1, 0.15) is 0 Å². The Morgan fingerprint density at radius 1 is 0.800 bits per heavy atom. The second-order valence-electron chi connectivity index (χ2n) is 3.69. The molecule has 0 saturated carbocycles. The number of hydrogen-bond acceptors (Lipinski definition) is 0. The zero-order valence-electron chi connectivity index (χ0n) is 8.07. The van der Waals surface area contributed by atoms with Crippen molar-refractivity contribution in [1.82, 2.24) is 0 Å². The van der Waals surface area contributed by atoms with Crippen LogP contribution in [-0.4, -0.2) is 13.6 Å². The fourth-order valence-electron chi connectivity index (χ4n) is 1.91. The van der Waals surface area contributed by atoms with Gasteiger partial charge in [-0.25, -0.2) is 0 Å². The molecule has 0 N–H and O–H groups in total. The van der Waals surface area contributed by atoms with Crippen LogP contribution in [0.25, 0.3) is 21.4 Å². The van der Waals surface area contributed by atoms with Crippen LogP contribution < -0.4 is 0 Å². The maximum atomic E-state index is 13.0. The molecule has 0 fully saturated rings. The van der Waals surface area contributed by atoms with E-state index in [1.54, 1.807) is 6.07 Å². The average molecular weight is 192 g/mol. The van der Waals surface area contributed by atoms with Gasteiger partial charge in [-0.15, -0.1) is 0 Å². The van der Waals surface area contributed by atoms with Crippen molar-refractivity contribution < 1.29 is 4.39 Å². The van der Waals surface area contributed by atoms with Gasteiger partial charge in [-0.1, -0.05) is 0 Å². The molecule has 0 amide bonds. The molecule has 0 nitrogen and oxygen atoms in total. The molecule has 68 valence electrons. The Morgan fingerprint density at radius 2 is 1.53 bits per heavy atom. The zero-order valence-corrected chi connectivity index (χ0v) is 8.07. The number of rotatable bonds is 0. The van der Waals surface area contributed by atoms with Gasteiger partial charge in [-0.2, -0.15) is 0 Å². The summed E-state index contributed by atoms with van der Waals surface area (Å²) in [6.45, 7) is 3.31. The van der Waals surface area contributed by atoms with Crippen molar-refractivity contribution in [1.29, 1.82) is 0 Å². The first kappa shape index (κ1) is 8.78. The molecular formula is C12H7B2F. The zero-order chi connectivity index (χ0) is 10.3. The molecule has 0 radical (unpaired) electrons. The fourth-order valence-corrected chi connectivity index (χ4v) is 1.91. The summed E-state index contributed by atoms with van der Waals surface area (Å²) in [5.41, 5.74) is -0.183. The van der Waals surface area contributed by atoms with E-state index in [2.05, 4.69) is 12.1 Å². The van der Waals surface area contributed by atoms with Crippen LogP contribution in [0.5, 0.6) is 0 Å². The normalized spacial score (nSPS) is 10.5. The second-order valence-corrected chi connectivity index (χ2v) is 3.69. The standard InChI is InChI=1S/C12H7B2F/c15-12-7-10-5-8-3-1-2-4-9(8)6-11(10)13-14-12/h1-7H. The van der Waals surface area contributed by atoms with E-state index in [4.69, 9.17) is 0 Å². The van der Waals surface area contributed by atoms with Crippen molar-refractivity contribution >= 4 is 35.0 Å². The van der Waals surface area contributed by atoms with Crippen LogP contribution in [0.4, 0.5) is 4.39 Å². The van der Waals surface area contributed by atoms with Crippen LogP contribution in [0.2, 0.25) is 0 Å². The first-order valence-corrected chi connectivity index (χ1v) is 4.91. The summed E-state index contributed by atoms with van der Waals surface area (Å²) in [5.74, 6) is 0. The third kappa shape index (κ3) is 1.48. The van der Waals surface area contributed by atoms with E-state index in [-0.39, 0.29) is 5.71 Å². The van der Waals surface area contributed by atoms with Crippen molar-refractivity contribution in [3.8, 4) is 0 Å². The van der Waals surface area contributed by atoms with Crippen LogP contribution >= 0.6 is 0 Å². The van der Waals surface area contributed by atoms with E-state index < -0.39 is 0 Å². The molecule has 3 heteroatoms. The molecule has 3 aromatic rings. The van der Waals surface area contributed by atoms with Crippen molar-refractivity contribution in [3.05, 3.63) is 48.2 Å². The number of benzene rings is 2. The van der Waals surface area contributed by atoms with Crippen LogP contribution in [0.3, 0.4) is 0 Å². The van der Waals surface area contributed by atoms with Gasteiger partial charge < -0.3 is 0 Å². The number of hydrogen-bond donors (Lipinski definition) is 0. The van der Waals surface area contributed by atoms with Gasteiger partial charge in [-0.3, -0.25) is 0 Å². The summed E-state index contributed by atoms with van der Waals surface area (Å²) >= 11 is 0. The molecule has 0 spiro atoms. The summed E-state index contributed by atoms with van der Waals surface area (Å²) in [6, 6.07) is 13.8. The van der Waals surface area contributed by atoms with E-state index in [1.807, 2.05) is 31.1 Å². The Balaban J connectivity index is 2.47. The van der Waals surface area contributed by atoms with Gasteiger partial charge in [0.1, 0.15) is 0 Å². The predicted molar refractivity (Wildman–Crippen MR) is 64.1 cm³/mol. The molecule has 1 heterocycles. The maximum absolute atomic E-state index is 13.0. The minimum atomic E-state index is -0.183. The van der Waals surface area contributed by atoms with Crippen LogP contribution in [0.15, 0.2) is 42.5 Å². The molecule has 0 unspecified atom stereocenters. The fraction of sp³-hybridized carbons (Fsp3) is 0. The Bertz CT molecular complexity index is 649. The topological polar surface area (TPSA) is 0 Å². The summed E-state index contributed by atoms with van der Waals surface area (Å²) in [6.07, 6.45) is 0. The van der Waals surface area contributed by atoms with Gasteiger partial charge in [0.15, 0.2) is 0 Å². The summed E-state index contributed by atoms with van der Waals surface area (Å²) in [5, 5.41) is 4.37. The quantitative estimate of drug-likeness (QED) is 0.480. The molecule has 0 atom stereocenters. The van der Waals surface area contributed by atoms with Gasteiger partial charge >= 0.3 is 87.6 Å². The second kappa shape index (κ2) is 3.27. The van der Waals surface area contributed by atoms with Gasteiger partial charge in [0.2, 0.25) is 0 Å². The van der Waals surface area contributed by atoms with E-state index in [1.165, 1.54) is 12.2 Å². The SMILES string of the molecule is Fc1bbc2cc3ccccc3cc2c1. The van der Waals surface area contributed by atoms with Gasteiger partial charge in [0.05, 0.1) is 0 Å². The van der Waals surface area contributed by atoms with Gasteiger partial charge in [0.25, 0.3) is 0 Å². The number of halogens is 1. The van der Waals surface area contributed by atoms with Gasteiger partial charge in [0, 0.05) is 0 Å². The number of fused-ring (bicyclic) bond motifs is 2. The van der Waals surface area contributed by atoms with Crippen molar-refractivity contribution in [3.63, 3.8) is 0 Å². The monoisotopic (exact) mass is 192 g/mol. The van der Waals surface area contributed by atoms with Crippen LogP contribution in [-0.2, 0) is 0 Å². The molecule has 0 saturated heterocycles. The van der Waals surface area contributed by atoms with Crippen molar-refractivity contribution in [2.45, 2.75) is 0 Å². The summed E-state index contributed by atoms with van der Waals surface area (Å²) in [4.78, 5) is 0. The first-order chi connectivity index (χ1) is 7.33. The van der Waals surface area contributed by atoms with Crippen molar-refractivity contribution in [2.75, 3.05) is 0 Å². The van der Waals surface area contributed by atoms with Gasteiger partial charge in [-0.05, 0) is 0 Å². The van der Waals surface area contributed by atoms with Crippen molar-refractivity contribution in [2.24, 2.45) is 0 Å². The molecule has 0 bridgehead atoms. The van der Waals surface area contributed by atoms with E-state index in [0.717, 1.165) is 16.1 Å².